The van der Waals surface area contributed by atoms with Crippen LogP contribution in [0, 0.1) is 0 Å². The van der Waals surface area contributed by atoms with Crippen LogP contribution in [0.4, 0.5) is 4.79 Å². The quantitative estimate of drug-likeness (QED) is 0.0853. The Morgan fingerprint density at radius 2 is 1.12 bits per heavy atom. The van der Waals surface area contributed by atoms with Crippen LogP contribution < -0.4 is 5.32 Å². The van der Waals surface area contributed by atoms with Gasteiger partial charge in [0.25, 0.3) is 0 Å². The fourth-order valence-electron chi connectivity index (χ4n) is 4.28. The van der Waals surface area contributed by atoms with Gasteiger partial charge < -0.3 is 24.6 Å². The van der Waals surface area contributed by atoms with Crippen molar-refractivity contribution in [1.82, 2.24) is 5.32 Å². The third-order valence-electron chi connectivity index (χ3n) is 6.91. The van der Waals surface area contributed by atoms with E-state index in [4.69, 9.17) is 27.8 Å². The van der Waals surface area contributed by atoms with E-state index in [-0.39, 0.29) is 33.0 Å². The van der Waals surface area contributed by atoms with Crippen molar-refractivity contribution in [2.24, 2.45) is 0 Å². The van der Waals surface area contributed by atoms with Gasteiger partial charge in [0, 0.05) is 0 Å². The summed E-state index contributed by atoms with van der Waals surface area (Å²) in [5, 5.41) is 12.4. The highest BCUT2D eigenvalue weighted by molar-refractivity contribution is 7.48. The summed E-state index contributed by atoms with van der Waals surface area (Å²) in [5.41, 5.74) is 3.00. The largest absolute Gasteiger partial charge is 0.475 e. The number of esters is 1. The molecule has 0 bridgehead atoms. The van der Waals surface area contributed by atoms with Crippen LogP contribution in [0.25, 0.3) is 0 Å². The van der Waals surface area contributed by atoms with Gasteiger partial charge in [0.15, 0.2) is 6.04 Å². The second-order valence-corrected chi connectivity index (χ2v) is 12.3. The highest BCUT2D eigenvalue weighted by Gasteiger charge is 2.38. The van der Waals surface area contributed by atoms with E-state index in [0.717, 1.165) is 16.7 Å². The Bertz CT molecular complexity index is 1560. The molecule has 1 amide bonds. The summed E-state index contributed by atoms with van der Waals surface area (Å²) in [4.78, 5) is 26.2. The van der Waals surface area contributed by atoms with Gasteiger partial charge in [-0.2, -0.15) is 0 Å². The van der Waals surface area contributed by atoms with Crippen molar-refractivity contribution < 1.29 is 47.0 Å². The number of aliphatic hydroxyl groups is 1. The number of hydrogen-bond acceptors (Lipinski definition) is 10. The summed E-state index contributed by atoms with van der Waals surface area (Å²) < 4.78 is 47.8. The van der Waals surface area contributed by atoms with Crippen molar-refractivity contribution >= 4 is 19.9 Å². The van der Waals surface area contributed by atoms with E-state index in [1.807, 2.05) is 48.5 Å². The Balaban J connectivity index is 1.47. The van der Waals surface area contributed by atoms with E-state index in [0.29, 0.717) is 5.56 Å². The van der Waals surface area contributed by atoms with E-state index >= 15 is 0 Å². The molecule has 48 heavy (non-hydrogen) atoms. The number of amides is 1. The molecule has 254 valence electrons. The van der Waals surface area contributed by atoms with Gasteiger partial charge in [-0.3, -0.25) is 13.6 Å². The number of carbonyl (C=O) groups excluding carboxylic acids is 2. The maximum atomic E-state index is 14.1. The average Bonchev–Trinajstić information content (AvgIpc) is 3.13. The number of aliphatic hydroxyl groups excluding tert-OH is 1. The number of phosphoric ester groups is 1. The molecule has 0 heterocycles. The molecule has 0 aliphatic rings. The number of benzene rings is 4. The predicted octanol–water partition coefficient (Wildman–Crippen LogP) is 6.35. The van der Waals surface area contributed by atoms with Gasteiger partial charge in [-0.15, -0.1) is 0 Å². The molecule has 0 aliphatic carbocycles. The van der Waals surface area contributed by atoms with Crippen LogP contribution >= 0.6 is 7.82 Å². The minimum atomic E-state index is -4.47. The molecule has 0 radical (unpaired) electrons. The Morgan fingerprint density at radius 3 is 1.62 bits per heavy atom. The molecule has 0 saturated heterocycles. The first-order valence-corrected chi connectivity index (χ1v) is 16.8. The van der Waals surface area contributed by atoms with Crippen LogP contribution in [0.1, 0.15) is 29.2 Å². The maximum absolute atomic E-state index is 14.1. The highest BCUT2D eigenvalue weighted by atomic mass is 31.2. The zero-order valence-electron chi connectivity index (χ0n) is 26.6. The van der Waals surface area contributed by atoms with E-state index in [1.54, 1.807) is 72.8 Å². The molecule has 4 atom stereocenters. The van der Waals surface area contributed by atoms with Gasteiger partial charge in [-0.05, 0) is 29.2 Å². The van der Waals surface area contributed by atoms with Crippen LogP contribution in [0.2, 0.25) is 0 Å². The summed E-state index contributed by atoms with van der Waals surface area (Å²) in [7, 11) is -4.47. The Labute approximate surface area is 280 Å². The van der Waals surface area contributed by atoms with E-state index in [2.05, 4.69) is 5.32 Å². The highest BCUT2D eigenvalue weighted by Crippen LogP contribution is 2.52. The molecule has 1 unspecified atom stereocenters. The lowest BCUT2D eigenvalue weighted by atomic mass is 10.2. The van der Waals surface area contributed by atoms with Crippen molar-refractivity contribution in [3.05, 3.63) is 144 Å². The smallest absolute Gasteiger partial charge is 0.459 e. The molecule has 0 saturated carbocycles. The van der Waals surface area contributed by atoms with Crippen LogP contribution in [0.15, 0.2) is 121 Å². The minimum Gasteiger partial charge on any atom is -0.459 e. The number of nitrogens with one attached hydrogen (secondary N) is 1. The van der Waals surface area contributed by atoms with Crippen LogP contribution in [-0.2, 0) is 63.6 Å². The first kappa shape index (κ1) is 36.5. The number of hydrogen-bond donors (Lipinski definition) is 2. The summed E-state index contributed by atoms with van der Waals surface area (Å²) >= 11 is 0. The third-order valence-corrected chi connectivity index (χ3v) is 8.41. The van der Waals surface area contributed by atoms with Crippen molar-refractivity contribution in [3.8, 4) is 0 Å². The lowest BCUT2D eigenvalue weighted by Gasteiger charge is -2.28. The Kier molecular flexibility index (Phi) is 14.8. The van der Waals surface area contributed by atoms with Crippen LogP contribution in [0.5, 0.6) is 0 Å². The molecule has 0 aliphatic heterocycles. The molecule has 2 N–H and O–H groups in total. The molecule has 0 fully saturated rings. The molecule has 4 aromatic carbocycles. The first-order valence-electron chi connectivity index (χ1n) is 15.4. The van der Waals surface area contributed by atoms with Gasteiger partial charge in [-0.25, -0.2) is 14.2 Å². The SMILES string of the molecule is C[C@@H](OP(=O)(OCc1ccccc1)OC[C@@H](CO)OCc1ccccc1)[C@H](NC(=O)OCc1ccccc1)C(=O)OCc1ccccc1. The monoisotopic (exact) mass is 677 g/mol. The second kappa shape index (κ2) is 19.5. The summed E-state index contributed by atoms with van der Waals surface area (Å²) in [5.74, 6) is -0.864. The van der Waals surface area contributed by atoms with Crippen molar-refractivity contribution in [2.45, 2.75) is 51.6 Å². The number of rotatable bonds is 19. The van der Waals surface area contributed by atoms with Crippen molar-refractivity contribution in [2.75, 3.05) is 13.2 Å². The lowest BCUT2D eigenvalue weighted by molar-refractivity contribution is -0.150. The van der Waals surface area contributed by atoms with Gasteiger partial charge in [0.2, 0.25) is 0 Å². The molecule has 12 heteroatoms. The second-order valence-electron chi connectivity index (χ2n) is 10.7. The fourth-order valence-corrected chi connectivity index (χ4v) is 5.67. The zero-order chi connectivity index (χ0) is 34.0. The van der Waals surface area contributed by atoms with E-state index < -0.39 is 44.7 Å². The maximum Gasteiger partial charge on any atom is 0.475 e. The molecular formula is C36H40NO10P. The number of carbonyl (C=O) groups is 2. The topological polar surface area (TPSA) is 139 Å². The van der Waals surface area contributed by atoms with E-state index in [1.165, 1.54) is 6.92 Å². The predicted molar refractivity (Wildman–Crippen MR) is 177 cm³/mol. The van der Waals surface area contributed by atoms with Crippen molar-refractivity contribution in [3.63, 3.8) is 0 Å². The minimum absolute atomic E-state index is 0.0545. The van der Waals surface area contributed by atoms with Gasteiger partial charge in [0.05, 0.1) is 32.5 Å². The zero-order valence-corrected chi connectivity index (χ0v) is 27.5. The summed E-state index contributed by atoms with van der Waals surface area (Å²) in [6, 6.07) is 34.8. The Hall–Kier alpha value is -4.35. The van der Waals surface area contributed by atoms with Crippen LogP contribution in [-0.4, -0.2) is 48.6 Å². The third kappa shape index (κ3) is 12.7. The standard InChI is InChI=1S/C36H40NO10P/c1-28(34(35(39)43-24-30-16-8-3-9-17-30)37-36(40)44-25-31-18-10-4-11-19-31)47-48(41,45-26-32-20-12-5-13-21-32)46-27-33(22-38)42-23-29-14-6-2-7-15-29/h2-21,28,33-34,38H,22-27H2,1H3,(H,37,40)/t28-,33-,34+,48?/m1/s1. The van der Waals surface area contributed by atoms with Gasteiger partial charge in [0.1, 0.15) is 19.3 Å². The molecule has 4 aromatic rings. The fraction of sp³-hybridized carbons (Fsp3) is 0.278. The molecular weight excluding hydrogens is 637 g/mol. The summed E-state index contributed by atoms with van der Waals surface area (Å²) in [6.07, 6.45) is -3.10. The van der Waals surface area contributed by atoms with E-state index in [9.17, 15) is 19.3 Å². The number of ether oxygens (including phenoxy) is 3. The lowest BCUT2D eigenvalue weighted by Crippen LogP contribution is -2.49. The molecule has 0 aromatic heterocycles. The average molecular weight is 678 g/mol. The van der Waals surface area contributed by atoms with Crippen LogP contribution in [0.3, 0.4) is 0 Å². The number of alkyl carbamates (subject to hydrolysis) is 1. The van der Waals surface area contributed by atoms with Gasteiger partial charge in [-0.1, -0.05) is 121 Å². The molecule has 4 rings (SSSR count). The van der Waals surface area contributed by atoms with Crippen molar-refractivity contribution in [1.29, 1.82) is 0 Å². The number of phosphoric acid groups is 1. The normalized spacial score (nSPS) is 14.2. The van der Waals surface area contributed by atoms with Gasteiger partial charge >= 0.3 is 19.9 Å². The molecule has 0 spiro atoms. The molecule has 11 nitrogen and oxygen atoms in total. The summed E-state index contributed by atoms with van der Waals surface area (Å²) in [6.45, 7) is 0.493. The first-order chi connectivity index (χ1) is 23.3. The Morgan fingerprint density at radius 1 is 0.667 bits per heavy atom.